The summed E-state index contributed by atoms with van der Waals surface area (Å²) in [6, 6.07) is 0.338. The lowest BCUT2D eigenvalue weighted by Crippen LogP contribution is -2.42. The van der Waals surface area contributed by atoms with Gasteiger partial charge in [0, 0.05) is 30.4 Å². The van der Waals surface area contributed by atoms with E-state index in [1.54, 1.807) is 0 Å². The summed E-state index contributed by atoms with van der Waals surface area (Å²) in [5, 5.41) is 3.34. The fourth-order valence-electron chi connectivity index (χ4n) is 2.25. The topological polar surface area (TPSA) is 21.3 Å². The van der Waals surface area contributed by atoms with Gasteiger partial charge in [-0.15, -0.1) is 0 Å². The van der Waals surface area contributed by atoms with Crippen molar-refractivity contribution in [1.29, 1.82) is 0 Å². The van der Waals surface area contributed by atoms with E-state index in [4.69, 9.17) is 4.74 Å². The zero-order valence-corrected chi connectivity index (χ0v) is 12.0. The van der Waals surface area contributed by atoms with Crippen molar-refractivity contribution in [1.82, 2.24) is 5.32 Å². The van der Waals surface area contributed by atoms with Crippen LogP contribution in [0.15, 0.2) is 0 Å². The molecule has 2 unspecified atom stereocenters. The van der Waals surface area contributed by atoms with Crippen molar-refractivity contribution in [2.24, 2.45) is 5.41 Å². The zero-order valence-electron chi connectivity index (χ0n) is 11.1. The van der Waals surface area contributed by atoms with Crippen molar-refractivity contribution in [3.05, 3.63) is 0 Å². The Morgan fingerprint density at radius 2 is 2.11 bits per heavy atom. The Kier molecular flexibility index (Phi) is 5.80. The quantitative estimate of drug-likeness (QED) is 0.808. The number of rotatable bonds is 6. The molecule has 6 heteroatoms. The van der Waals surface area contributed by atoms with Crippen LogP contribution in [0.1, 0.15) is 33.6 Å². The molecule has 18 heavy (non-hydrogen) atoms. The molecule has 0 aromatic carbocycles. The Morgan fingerprint density at radius 1 is 1.44 bits per heavy atom. The summed E-state index contributed by atoms with van der Waals surface area (Å²) in [6.07, 6.45) is 1.40. The molecule has 0 spiro atoms. The number of nitrogens with one attached hydrogen (secondary N) is 1. The minimum atomic E-state index is -4.13. The predicted octanol–water partition coefficient (Wildman–Crippen LogP) is 3.42. The molecule has 1 rings (SSSR count). The SMILES string of the molecule is CC(C)NCC1(CCSC(F)(F)F)CCOC1C. The van der Waals surface area contributed by atoms with E-state index in [0.29, 0.717) is 19.1 Å². The minimum absolute atomic E-state index is 0.0255. The van der Waals surface area contributed by atoms with Gasteiger partial charge < -0.3 is 10.1 Å². The molecule has 1 saturated heterocycles. The van der Waals surface area contributed by atoms with Gasteiger partial charge >= 0.3 is 5.51 Å². The third-order valence-electron chi connectivity index (χ3n) is 3.56. The van der Waals surface area contributed by atoms with E-state index in [0.717, 1.165) is 13.0 Å². The fraction of sp³-hybridized carbons (Fsp3) is 1.00. The van der Waals surface area contributed by atoms with E-state index in [1.165, 1.54) is 0 Å². The van der Waals surface area contributed by atoms with E-state index in [2.05, 4.69) is 5.32 Å². The molecular formula is C12H22F3NOS. The van der Waals surface area contributed by atoms with Crippen molar-refractivity contribution >= 4 is 11.8 Å². The van der Waals surface area contributed by atoms with Crippen LogP contribution in [-0.2, 0) is 4.74 Å². The second-order valence-corrected chi connectivity index (χ2v) is 6.37. The van der Waals surface area contributed by atoms with Gasteiger partial charge in [-0.05, 0) is 19.8 Å². The molecule has 0 saturated carbocycles. The smallest absolute Gasteiger partial charge is 0.378 e. The molecule has 0 aromatic heterocycles. The van der Waals surface area contributed by atoms with Gasteiger partial charge in [-0.2, -0.15) is 13.2 Å². The van der Waals surface area contributed by atoms with Crippen molar-refractivity contribution in [2.75, 3.05) is 18.9 Å². The van der Waals surface area contributed by atoms with Crippen molar-refractivity contribution < 1.29 is 17.9 Å². The standard InChI is InChI=1S/C12H22F3NOS/c1-9(2)16-8-11(4-6-17-10(11)3)5-7-18-12(13,14)15/h9-10,16H,4-8H2,1-3H3. The maximum Gasteiger partial charge on any atom is 0.441 e. The minimum Gasteiger partial charge on any atom is -0.378 e. The summed E-state index contributed by atoms with van der Waals surface area (Å²) in [6.45, 7) is 7.42. The van der Waals surface area contributed by atoms with Crippen LogP contribution in [0.4, 0.5) is 13.2 Å². The molecule has 1 heterocycles. The van der Waals surface area contributed by atoms with Crippen molar-refractivity contribution in [3.8, 4) is 0 Å². The molecular weight excluding hydrogens is 263 g/mol. The molecule has 0 bridgehead atoms. The molecule has 2 atom stereocenters. The number of alkyl halides is 3. The highest BCUT2D eigenvalue weighted by molar-refractivity contribution is 8.00. The van der Waals surface area contributed by atoms with Crippen LogP contribution in [0, 0.1) is 5.41 Å². The predicted molar refractivity (Wildman–Crippen MR) is 68.7 cm³/mol. The van der Waals surface area contributed by atoms with Crippen LogP contribution in [-0.4, -0.2) is 36.6 Å². The average Bonchev–Trinajstić information content (AvgIpc) is 2.56. The summed E-state index contributed by atoms with van der Waals surface area (Å²) < 4.78 is 42.1. The highest BCUT2D eigenvalue weighted by atomic mass is 32.2. The fourth-order valence-corrected chi connectivity index (χ4v) is 2.99. The van der Waals surface area contributed by atoms with Gasteiger partial charge in [0.1, 0.15) is 0 Å². The summed E-state index contributed by atoms with van der Waals surface area (Å²) in [5.74, 6) is 0.108. The highest BCUT2D eigenvalue weighted by Crippen LogP contribution is 2.41. The van der Waals surface area contributed by atoms with Crippen LogP contribution in [0.3, 0.4) is 0 Å². The Labute approximate surface area is 111 Å². The second kappa shape index (κ2) is 6.48. The second-order valence-electron chi connectivity index (χ2n) is 5.21. The van der Waals surface area contributed by atoms with Gasteiger partial charge in [0.15, 0.2) is 0 Å². The van der Waals surface area contributed by atoms with Gasteiger partial charge in [-0.25, -0.2) is 0 Å². The summed E-state index contributed by atoms with van der Waals surface area (Å²) in [4.78, 5) is 0. The molecule has 1 aliphatic rings. The third-order valence-corrected chi connectivity index (χ3v) is 4.29. The molecule has 0 amide bonds. The van der Waals surface area contributed by atoms with Crippen LogP contribution >= 0.6 is 11.8 Å². The Morgan fingerprint density at radius 3 is 2.56 bits per heavy atom. The maximum absolute atomic E-state index is 12.2. The van der Waals surface area contributed by atoms with E-state index in [-0.39, 0.29) is 29.0 Å². The van der Waals surface area contributed by atoms with Crippen LogP contribution in [0.5, 0.6) is 0 Å². The molecule has 0 aromatic rings. The molecule has 0 radical (unpaired) electrons. The molecule has 0 aliphatic carbocycles. The Hall–Kier alpha value is 0.0600. The van der Waals surface area contributed by atoms with Crippen LogP contribution in [0.25, 0.3) is 0 Å². The van der Waals surface area contributed by atoms with Gasteiger partial charge in [0.25, 0.3) is 0 Å². The summed E-state index contributed by atoms with van der Waals surface area (Å²) >= 11 is 0.0719. The first-order chi connectivity index (χ1) is 8.25. The first kappa shape index (κ1) is 16.1. The number of hydrogen-bond donors (Lipinski definition) is 1. The third kappa shape index (κ3) is 4.97. The highest BCUT2D eigenvalue weighted by Gasteiger charge is 2.41. The zero-order chi connectivity index (χ0) is 13.8. The van der Waals surface area contributed by atoms with Gasteiger partial charge in [0.05, 0.1) is 6.10 Å². The summed E-state index contributed by atoms with van der Waals surface area (Å²) in [5.41, 5.74) is -4.28. The molecule has 2 nitrogen and oxygen atoms in total. The molecule has 1 aliphatic heterocycles. The molecule has 1 N–H and O–H groups in total. The average molecular weight is 285 g/mol. The summed E-state index contributed by atoms with van der Waals surface area (Å²) in [7, 11) is 0. The Bertz CT molecular complexity index is 260. The lowest BCUT2D eigenvalue weighted by Gasteiger charge is -2.33. The van der Waals surface area contributed by atoms with E-state index < -0.39 is 5.51 Å². The number of halogens is 3. The lowest BCUT2D eigenvalue weighted by atomic mass is 9.79. The van der Waals surface area contributed by atoms with Crippen molar-refractivity contribution in [2.45, 2.75) is 51.3 Å². The van der Waals surface area contributed by atoms with E-state index in [1.807, 2.05) is 20.8 Å². The lowest BCUT2D eigenvalue weighted by molar-refractivity contribution is -0.0330. The number of ether oxygens (including phenoxy) is 1. The van der Waals surface area contributed by atoms with Crippen LogP contribution < -0.4 is 5.32 Å². The van der Waals surface area contributed by atoms with E-state index in [9.17, 15) is 13.2 Å². The first-order valence-electron chi connectivity index (χ1n) is 6.31. The molecule has 108 valence electrons. The van der Waals surface area contributed by atoms with Gasteiger partial charge in [-0.3, -0.25) is 0 Å². The first-order valence-corrected chi connectivity index (χ1v) is 7.29. The van der Waals surface area contributed by atoms with Gasteiger partial charge in [-0.1, -0.05) is 25.6 Å². The number of thioether (sulfide) groups is 1. The Balaban J connectivity index is 2.50. The van der Waals surface area contributed by atoms with Crippen LogP contribution in [0.2, 0.25) is 0 Å². The monoisotopic (exact) mass is 285 g/mol. The molecule has 1 fully saturated rings. The largest absolute Gasteiger partial charge is 0.441 e. The van der Waals surface area contributed by atoms with Crippen molar-refractivity contribution in [3.63, 3.8) is 0 Å². The van der Waals surface area contributed by atoms with E-state index >= 15 is 0 Å². The maximum atomic E-state index is 12.2. The van der Waals surface area contributed by atoms with Gasteiger partial charge in [0.2, 0.25) is 0 Å². The number of hydrogen-bond acceptors (Lipinski definition) is 3. The normalized spacial score (nSPS) is 29.2.